The lowest BCUT2D eigenvalue weighted by Crippen LogP contribution is -2.58. The fourth-order valence-corrected chi connectivity index (χ4v) is 7.79. The molecule has 0 aliphatic heterocycles. The van der Waals surface area contributed by atoms with Crippen LogP contribution >= 0.6 is 0 Å². The van der Waals surface area contributed by atoms with Crippen LogP contribution < -0.4 is 9.47 Å². The second-order valence-corrected chi connectivity index (χ2v) is 10.7. The average molecular weight is 398 g/mol. The van der Waals surface area contributed by atoms with Gasteiger partial charge in [0.15, 0.2) is 11.5 Å². The van der Waals surface area contributed by atoms with E-state index in [2.05, 4.69) is 33.8 Å². The number of phenols is 1. The first-order valence-corrected chi connectivity index (χ1v) is 11.0. The van der Waals surface area contributed by atoms with Gasteiger partial charge in [-0.05, 0) is 71.8 Å². The molecule has 1 aromatic rings. The molecule has 4 nitrogen and oxygen atoms in total. The minimum absolute atomic E-state index is 0.0710. The smallest absolute Gasteiger partial charge is 0.203 e. The number of rotatable bonds is 2. The summed E-state index contributed by atoms with van der Waals surface area (Å²) in [4.78, 5) is 0. The van der Waals surface area contributed by atoms with Crippen molar-refractivity contribution in [1.82, 2.24) is 0 Å². The molecule has 0 radical (unpaired) electrons. The van der Waals surface area contributed by atoms with E-state index in [1.165, 1.54) is 32.8 Å². The van der Waals surface area contributed by atoms with E-state index in [4.69, 9.17) is 9.47 Å². The minimum atomic E-state index is -0.316. The standard InChI is InChI=1S/C25H35NO3/c1-23(2)9-7-10-25(4)18(23)8-11-24(3)16-13-17(28-5)22(29-6)21(27)20(16)15(14-26)12-19(24)25/h13,15,18-19,27H,7-12H2,1-6H3/t15-,18+,19+,24+,25+/m1/s1. The molecule has 1 N–H and O–H groups in total. The van der Waals surface area contributed by atoms with Crippen LogP contribution in [0.25, 0.3) is 0 Å². The van der Waals surface area contributed by atoms with E-state index in [1.807, 2.05) is 6.07 Å². The van der Waals surface area contributed by atoms with Crippen molar-refractivity contribution in [3.63, 3.8) is 0 Å². The maximum Gasteiger partial charge on any atom is 0.203 e. The zero-order valence-electron chi connectivity index (χ0n) is 18.8. The summed E-state index contributed by atoms with van der Waals surface area (Å²) in [5.74, 6) is 1.76. The largest absolute Gasteiger partial charge is 0.504 e. The van der Waals surface area contributed by atoms with Crippen LogP contribution in [0.5, 0.6) is 17.2 Å². The first-order valence-electron chi connectivity index (χ1n) is 11.0. The van der Waals surface area contributed by atoms with Crippen LogP contribution in [0.4, 0.5) is 0 Å². The highest BCUT2D eigenvalue weighted by atomic mass is 16.5. The van der Waals surface area contributed by atoms with Gasteiger partial charge >= 0.3 is 0 Å². The molecule has 3 aliphatic carbocycles. The van der Waals surface area contributed by atoms with Gasteiger partial charge in [-0.3, -0.25) is 0 Å². The Kier molecular flexibility index (Phi) is 4.61. The number of hydrogen-bond acceptors (Lipinski definition) is 4. The number of nitriles is 1. The summed E-state index contributed by atoms with van der Waals surface area (Å²) < 4.78 is 11.0. The maximum absolute atomic E-state index is 11.1. The van der Waals surface area contributed by atoms with Crippen LogP contribution in [0.3, 0.4) is 0 Å². The summed E-state index contributed by atoms with van der Waals surface area (Å²) in [5, 5.41) is 21.2. The summed E-state index contributed by atoms with van der Waals surface area (Å²) in [5.41, 5.74) is 2.35. The third-order valence-corrected chi connectivity index (χ3v) is 9.07. The lowest BCUT2D eigenvalue weighted by Gasteiger charge is -2.64. The van der Waals surface area contributed by atoms with Crippen LogP contribution in [0.15, 0.2) is 6.07 Å². The molecule has 0 aromatic heterocycles. The Balaban J connectivity index is 1.93. The van der Waals surface area contributed by atoms with Gasteiger partial charge in [0.2, 0.25) is 5.75 Å². The van der Waals surface area contributed by atoms with Crippen LogP contribution in [0.1, 0.15) is 83.3 Å². The van der Waals surface area contributed by atoms with Gasteiger partial charge < -0.3 is 14.6 Å². The lowest BCUT2D eigenvalue weighted by atomic mass is 9.40. The summed E-state index contributed by atoms with van der Waals surface area (Å²) in [7, 11) is 3.14. The first kappa shape index (κ1) is 20.4. The Morgan fingerprint density at radius 2 is 1.79 bits per heavy atom. The Morgan fingerprint density at radius 1 is 1.07 bits per heavy atom. The van der Waals surface area contributed by atoms with Gasteiger partial charge in [0.1, 0.15) is 0 Å². The average Bonchev–Trinajstić information content (AvgIpc) is 2.66. The quantitative estimate of drug-likeness (QED) is 0.673. The second-order valence-electron chi connectivity index (χ2n) is 10.7. The van der Waals surface area contributed by atoms with Crippen molar-refractivity contribution in [2.75, 3.05) is 14.2 Å². The summed E-state index contributed by atoms with van der Waals surface area (Å²) in [6, 6.07) is 4.56. The highest BCUT2D eigenvalue weighted by molar-refractivity contribution is 5.63. The van der Waals surface area contributed by atoms with Crippen molar-refractivity contribution in [1.29, 1.82) is 5.26 Å². The van der Waals surface area contributed by atoms with E-state index in [-0.39, 0.29) is 22.5 Å². The van der Waals surface area contributed by atoms with E-state index in [0.717, 1.165) is 24.0 Å². The van der Waals surface area contributed by atoms with Crippen LogP contribution in [0, 0.1) is 34.0 Å². The molecule has 0 spiro atoms. The molecule has 5 atom stereocenters. The monoisotopic (exact) mass is 397 g/mol. The molecule has 0 bridgehead atoms. The second kappa shape index (κ2) is 6.56. The molecule has 1 aromatic carbocycles. The summed E-state index contributed by atoms with van der Waals surface area (Å²) >= 11 is 0. The lowest BCUT2D eigenvalue weighted by molar-refractivity contribution is -0.111. The molecule has 2 saturated carbocycles. The molecule has 158 valence electrons. The zero-order chi connectivity index (χ0) is 21.2. The Morgan fingerprint density at radius 3 is 2.41 bits per heavy atom. The predicted octanol–water partition coefficient (Wildman–Crippen LogP) is 5.92. The van der Waals surface area contributed by atoms with Crippen molar-refractivity contribution in [3.8, 4) is 23.3 Å². The molecule has 4 rings (SSSR count). The van der Waals surface area contributed by atoms with E-state index in [0.29, 0.717) is 28.7 Å². The van der Waals surface area contributed by atoms with E-state index in [1.54, 1.807) is 7.11 Å². The normalized spacial score (nSPS) is 37.5. The highest BCUT2D eigenvalue weighted by Crippen LogP contribution is 2.69. The highest BCUT2D eigenvalue weighted by Gasteiger charge is 2.61. The van der Waals surface area contributed by atoms with Gasteiger partial charge in [-0.1, -0.05) is 34.1 Å². The van der Waals surface area contributed by atoms with Crippen molar-refractivity contribution in [2.24, 2.45) is 22.7 Å². The van der Waals surface area contributed by atoms with Crippen LogP contribution in [-0.2, 0) is 5.41 Å². The number of fused-ring (bicyclic) bond motifs is 5. The molecule has 0 saturated heterocycles. The predicted molar refractivity (Wildman–Crippen MR) is 113 cm³/mol. The number of ether oxygens (including phenoxy) is 2. The van der Waals surface area contributed by atoms with Gasteiger partial charge in [-0.25, -0.2) is 0 Å². The maximum atomic E-state index is 11.1. The fraction of sp³-hybridized carbons (Fsp3) is 0.720. The number of hydrogen-bond donors (Lipinski definition) is 1. The molecule has 0 heterocycles. The summed E-state index contributed by atoms with van der Waals surface area (Å²) in [6.45, 7) is 9.73. The van der Waals surface area contributed by atoms with Crippen molar-refractivity contribution in [3.05, 3.63) is 17.2 Å². The van der Waals surface area contributed by atoms with Crippen molar-refractivity contribution < 1.29 is 14.6 Å². The van der Waals surface area contributed by atoms with E-state index >= 15 is 0 Å². The SMILES string of the molecule is COc1cc2c(c(O)c1OC)[C@@H](C#N)C[C@@H]1[C@@]3(C)CCCC(C)(C)[C@@H]3CC[C@@]21C. The van der Waals surface area contributed by atoms with Crippen LogP contribution in [-0.4, -0.2) is 19.3 Å². The molecule has 0 amide bonds. The Hall–Kier alpha value is -1.89. The first-order chi connectivity index (χ1) is 13.6. The molecule has 0 unspecified atom stereocenters. The summed E-state index contributed by atoms with van der Waals surface area (Å²) in [6.07, 6.45) is 6.87. The number of aromatic hydroxyl groups is 1. The topological polar surface area (TPSA) is 62.5 Å². The number of phenolic OH excluding ortho intramolecular Hbond substituents is 1. The number of benzene rings is 1. The molecular weight excluding hydrogens is 362 g/mol. The Bertz CT molecular complexity index is 870. The van der Waals surface area contributed by atoms with Gasteiger partial charge in [-0.15, -0.1) is 0 Å². The third-order valence-electron chi connectivity index (χ3n) is 9.07. The van der Waals surface area contributed by atoms with E-state index in [9.17, 15) is 10.4 Å². The molecule has 2 fully saturated rings. The van der Waals surface area contributed by atoms with Crippen LogP contribution in [0.2, 0.25) is 0 Å². The van der Waals surface area contributed by atoms with Crippen molar-refractivity contribution >= 4 is 0 Å². The minimum Gasteiger partial charge on any atom is -0.504 e. The molecule has 4 heteroatoms. The van der Waals surface area contributed by atoms with Gasteiger partial charge in [0.25, 0.3) is 0 Å². The molecule has 3 aliphatic rings. The third kappa shape index (κ3) is 2.62. The van der Waals surface area contributed by atoms with E-state index < -0.39 is 0 Å². The Labute approximate surface area is 175 Å². The van der Waals surface area contributed by atoms with Crippen molar-refractivity contribution in [2.45, 2.75) is 77.6 Å². The zero-order valence-corrected chi connectivity index (χ0v) is 18.8. The molecule has 29 heavy (non-hydrogen) atoms. The number of methoxy groups -OCH3 is 2. The number of nitrogens with zero attached hydrogens (tertiary/aromatic N) is 1. The molecular formula is C25H35NO3. The van der Waals surface area contributed by atoms with Gasteiger partial charge in [0, 0.05) is 5.56 Å². The van der Waals surface area contributed by atoms with Gasteiger partial charge in [-0.2, -0.15) is 5.26 Å². The van der Waals surface area contributed by atoms with Gasteiger partial charge in [0.05, 0.1) is 26.2 Å². The fourth-order valence-electron chi connectivity index (χ4n) is 7.79.